The first-order valence-corrected chi connectivity index (χ1v) is 14.9. The second-order valence-electron chi connectivity index (χ2n) is 10.3. The lowest BCUT2D eigenvalue weighted by Crippen LogP contribution is -2.40. The van der Waals surface area contributed by atoms with E-state index in [-0.39, 0.29) is 5.91 Å². The van der Waals surface area contributed by atoms with Gasteiger partial charge in [0.25, 0.3) is 0 Å². The van der Waals surface area contributed by atoms with Gasteiger partial charge in [-0.2, -0.15) is 0 Å². The van der Waals surface area contributed by atoms with Gasteiger partial charge < -0.3 is 15.6 Å². The molecule has 1 fully saturated rings. The van der Waals surface area contributed by atoms with E-state index in [0.717, 1.165) is 46.7 Å². The summed E-state index contributed by atoms with van der Waals surface area (Å²) in [6.45, 7) is 1.40. The number of nitrogens with two attached hydrogens (primary N) is 1. The Morgan fingerprint density at radius 2 is 1.69 bits per heavy atom. The zero-order valence-electron chi connectivity index (χ0n) is 22.0. The minimum Gasteiger partial charge on any atom is -0.354 e. The number of thiazole rings is 1. The quantitative estimate of drug-likeness (QED) is 0.238. The highest BCUT2D eigenvalue weighted by Crippen LogP contribution is 2.29. The number of para-hydroxylation sites is 1. The summed E-state index contributed by atoms with van der Waals surface area (Å²) in [5.74, 6) is 1.03. The molecule has 2 unspecified atom stereocenters. The van der Waals surface area contributed by atoms with Crippen molar-refractivity contribution in [2.45, 2.75) is 38.1 Å². The van der Waals surface area contributed by atoms with Crippen LogP contribution in [0.1, 0.15) is 37.3 Å². The number of nitrogens with one attached hydrogen (secondary N) is 1. The van der Waals surface area contributed by atoms with Crippen LogP contribution < -0.4 is 15.9 Å². The van der Waals surface area contributed by atoms with Crippen LogP contribution in [-0.2, 0) is 11.2 Å². The maximum Gasteiger partial charge on any atom is 0.243 e. The van der Waals surface area contributed by atoms with E-state index >= 15 is 0 Å². The SMILES string of the molecule is NCC1CCCC(CNC(=O)[C@@H](Cc2ccccc2)n2c(-c3ccc(Cl)cc3)csc2=Nc2ccccc2)C1. The Kier molecular flexibility index (Phi) is 9.30. The van der Waals surface area contributed by atoms with Crippen molar-refractivity contribution in [1.29, 1.82) is 0 Å². The molecule has 4 aromatic rings. The van der Waals surface area contributed by atoms with Gasteiger partial charge in [-0.1, -0.05) is 78.7 Å². The topological polar surface area (TPSA) is 72.4 Å². The maximum atomic E-state index is 14.1. The number of nitrogens with zero attached hydrogens (tertiary/aromatic N) is 2. The highest BCUT2D eigenvalue weighted by molar-refractivity contribution is 7.07. The van der Waals surface area contributed by atoms with Crippen molar-refractivity contribution in [3.8, 4) is 11.3 Å². The first-order valence-electron chi connectivity index (χ1n) is 13.7. The third-order valence-electron chi connectivity index (χ3n) is 7.54. The van der Waals surface area contributed by atoms with Crippen LogP contribution in [0.4, 0.5) is 5.69 Å². The molecule has 7 heteroatoms. The van der Waals surface area contributed by atoms with Crippen molar-refractivity contribution in [1.82, 2.24) is 9.88 Å². The van der Waals surface area contributed by atoms with Gasteiger partial charge in [-0.25, -0.2) is 4.99 Å². The average molecular weight is 559 g/mol. The highest BCUT2D eigenvalue weighted by Gasteiger charge is 2.27. The molecule has 0 radical (unpaired) electrons. The van der Waals surface area contributed by atoms with Gasteiger partial charge in [0.2, 0.25) is 5.91 Å². The fraction of sp³-hybridized carbons (Fsp3) is 0.312. The summed E-state index contributed by atoms with van der Waals surface area (Å²) in [5, 5.41) is 6.09. The van der Waals surface area contributed by atoms with E-state index in [0.29, 0.717) is 29.8 Å². The lowest BCUT2D eigenvalue weighted by atomic mass is 9.81. The Hall–Kier alpha value is -3.19. The molecule has 0 aliphatic heterocycles. The van der Waals surface area contributed by atoms with Gasteiger partial charge in [-0.05, 0) is 73.0 Å². The molecule has 3 N–H and O–H groups in total. The molecule has 5 rings (SSSR count). The van der Waals surface area contributed by atoms with E-state index in [9.17, 15) is 4.79 Å². The van der Waals surface area contributed by atoms with E-state index in [1.165, 1.54) is 12.8 Å². The smallest absolute Gasteiger partial charge is 0.243 e. The lowest BCUT2D eigenvalue weighted by Gasteiger charge is -2.29. The minimum atomic E-state index is -0.472. The number of amides is 1. The van der Waals surface area contributed by atoms with Gasteiger partial charge in [-0.15, -0.1) is 11.3 Å². The molecule has 0 bridgehead atoms. The second kappa shape index (κ2) is 13.2. The van der Waals surface area contributed by atoms with E-state index < -0.39 is 6.04 Å². The highest BCUT2D eigenvalue weighted by atomic mass is 35.5. The largest absolute Gasteiger partial charge is 0.354 e. The number of hydrogen-bond donors (Lipinski definition) is 2. The number of carbonyl (C=O) groups is 1. The molecule has 0 saturated heterocycles. The fourth-order valence-corrected chi connectivity index (χ4v) is 6.54. The number of halogens is 1. The van der Waals surface area contributed by atoms with Crippen LogP contribution in [0.15, 0.2) is 95.3 Å². The predicted molar refractivity (Wildman–Crippen MR) is 161 cm³/mol. The zero-order chi connectivity index (χ0) is 27.0. The van der Waals surface area contributed by atoms with Crippen LogP contribution in [0.2, 0.25) is 5.02 Å². The predicted octanol–water partition coefficient (Wildman–Crippen LogP) is 6.77. The Labute approximate surface area is 239 Å². The standard InChI is InChI=1S/C32H35ClN4OS/c33-27-16-14-26(15-17-27)30-22-39-32(36-28-12-5-2-6-13-28)37(30)29(19-23-8-3-1-4-9-23)31(38)35-21-25-11-7-10-24(18-25)20-34/h1-6,8-9,12-17,22,24-25,29H,7,10-11,18-21,34H2,(H,35,38)/t24?,25?,29-/m1/s1. The van der Waals surface area contributed by atoms with Crippen molar-refractivity contribution in [2.75, 3.05) is 13.1 Å². The number of benzene rings is 3. The molecule has 202 valence electrons. The normalized spacial score (nSPS) is 18.6. The summed E-state index contributed by atoms with van der Waals surface area (Å²) < 4.78 is 2.10. The Balaban J connectivity index is 1.54. The van der Waals surface area contributed by atoms with Crippen molar-refractivity contribution in [3.05, 3.63) is 106 Å². The summed E-state index contributed by atoms with van der Waals surface area (Å²) in [4.78, 5) is 19.8. The van der Waals surface area contributed by atoms with Gasteiger partial charge >= 0.3 is 0 Å². The minimum absolute atomic E-state index is 0.0110. The van der Waals surface area contributed by atoms with Gasteiger partial charge in [0.05, 0.1) is 11.4 Å². The summed E-state index contributed by atoms with van der Waals surface area (Å²) >= 11 is 7.76. The number of carbonyl (C=O) groups excluding carboxylic acids is 1. The average Bonchev–Trinajstić information content (AvgIpc) is 3.39. The summed E-state index contributed by atoms with van der Waals surface area (Å²) in [6, 6.07) is 27.4. The molecular weight excluding hydrogens is 524 g/mol. The number of rotatable bonds is 9. The lowest BCUT2D eigenvalue weighted by molar-refractivity contribution is -0.124. The molecule has 1 aliphatic rings. The summed E-state index contributed by atoms with van der Waals surface area (Å²) in [7, 11) is 0. The monoisotopic (exact) mass is 558 g/mol. The molecule has 3 atom stereocenters. The van der Waals surface area contributed by atoms with Gasteiger partial charge in [-0.3, -0.25) is 4.79 Å². The molecular formula is C32H35ClN4OS. The number of hydrogen-bond acceptors (Lipinski definition) is 4. The Morgan fingerprint density at radius 3 is 2.41 bits per heavy atom. The third kappa shape index (κ3) is 7.07. The fourth-order valence-electron chi connectivity index (χ4n) is 5.45. The Bertz CT molecular complexity index is 1420. The van der Waals surface area contributed by atoms with Crippen LogP contribution in [0.25, 0.3) is 11.3 Å². The van der Waals surface area contributed by atoms with E-state index in [1.807, 2.05) is 72.8 Å². The van der Waals surface area contributed by atoms with Gasteiger partial charge in [0.1, 0.15) is 6.04 Å². The van der Waals surface area contributed by atoms with Gasteiger partial charge in [0.15, 0.2) is 4.80 Å². The molecule has 1 saturated carbocycles. The molecule has 3 aromatic carbocycles. The first kappa shape index (κ1) is 27.4. The van der Waals surface area contributed by atoms with Crippen LogP contribution in [0.5, 0.6) is 0 Å². The Morgan fingerprint density at radius 1 is 1.00 bits per heavy atom. The van der Waals surface area contributed by atoms with E-state index in [1.54, 1.807) is 11.3 Å². The van der Waals surface area contributed by atoms with Crippen molar-refractivity contribution < 1.29 is 4.79 Å². The third-order valence-corrected chi connectivity index (χ3v) is 8.63. The summed E-state index contributed by atoms with van der Waals surface area (Å²) in [6.07, 6.45) is 5.14. The number of aromatic nitrogens is 1. The van der Waals surface area contributed by atoms with E-state index in [2.05, 4.69) is 27.4 Å². The van der Waals surface area contributed by atoms with Crippen molar-refractivity contribution in [2.24, 2.45) is 22.6 Å². The maximum absolute atomic E-state index is 14.1. The van der Waals surface area contributed by atoms with Crippen LogP contribution in [0.3, 0.4) is 0 Å². The van der Waals surface area contributed by atoms with Crippen molar-refractivity contribution >= 4 is 34.5 Å². The van der Waals surface area contributed by atoms with Crippen LogP contribution in [0, 0.1) is 11.8 Å². The first-order chi connectivity index (χ1) is 19.1. The molecule has 0 spiro atoms. The van der Waals surface area contributed by atoms with Crippen molar-refractivity contribution in [3.63, 3.8) is 0 Å². The van der Waals surface area contributed by atoms with E-state index in [4.69, 9.17) is 22.3 Å². The van der Waals surface area contributed by atoms with Gasteiger partial charge in [0, 0.05) is 23.4 Å². The van der Waals surface area contributed by atoms with Crippen LogP contribution in [-0.4, -0.2) is 23.6 Å². The molecule has 5 nitrogen and oxygen atoms in total. The zero-order valence-corrected chi connectivity index (χ0v) is 23.6. The molecule has 1 amide bonds. The van der Waals surface area contributed by atoms with Crippen LogP contribution >= 0.6 is 22.9 Å². The molecule has 39 heavy (non-hydrogen) atoms. The summed E-state index contributed by atoms with van der Waals surface area (Å²) in [5.41, 5.74) is 9.87. The molecule has 1 aromatic heterocycles. The second-order valence-corrected chi connectivity index (χ2v) is 11.6. The molecule has 1 heterocycles. The molecule has 1 aliphatic carbocycles.